The van der Waals surface area contributed by atoms with Gasteiger partial charge in [0.25, 0.3) is 0 Å². The fourth-order valence-corrected chi connectivity index (χ4v) is 5.07. The van der Waals surface area contributed by atoms with Crippen LogP contribution >= 0.6 is 11.8 Å². The number of oxime groups is 1. The molecule has 0 atom stereocenters. The quantitative estimate of drug-likeness (QED) is 0.0679. The number of carbonyl (C=O) groups excluding carboxylic acids is 3. The van der Waals surface area contributed by atoms with E-state index in [0.717, 1.165) is 11.3 Å². The smallest absolute Gasteiger partial charge is 0.358 e. The Labute approximate surface area is 228 Å². The Balaban J connectivity index is 2.00. The predicted molar refractivity (Wildman–Crippen MR) is 153 cm³/mol. The number of morpholine rings is 1. The molecule has 1 aromatic heterocycles. The molecule has 2 aromatic rings. The minimum Gasteiger partial charge on any atom is -0.379 e. The molecule has 9 heteroatoms. The van der Waals surface area contributed by atoms with Crippen molar-refractivity contribution in [1.29, 1.82) is 0 Å². The summed E-state index contributed by atoms with van der Waals surface area (Å²) in [5.74, 6) is 0.526. The highest BCUT2D eigenvalue weighted by molar-refractivity contribution is 7.99. The van der Waals surface area contributed by atoms with Crippen LogP contribution in [0.3, 0.4) is 0 Å². The van der Waals surface area contributed by atoms with Gasteiger partial charge in [0, 0.05) is 60.4 Å². The molecule has 0 unspecified atom stereocenters. The highest BCUT2D eigenvalue weighted by Gasteiger charge is 2.36. The van der Waals surface area contributed by atoms with E-state index in [9.17, 15) is 14.4 Å². The van der Waals surface area contributed by atoms with Gasteiger partial charge in [-0.2, -0.15) is 11.8 Å². The summed E-state index contributed by atoms with van der Waals surface area (Å²) < 4.78 is 7.43. The lowest BCUT2D eigenvalue weighted by molar-refractivity contribution is -0.137. The van der Waals surface area contributed by atoms with Crippen LogP contribution in [0.5, 0.6) is 0 Å². The monoisotopic (exact) mass is 539 g/mol. The number of hydrogen-bond donors (Lipinski definition) is 0. The molecule has 1 aliphatic rings. The summed E-state index contributed by atoms with van der Waals surface area (Å²) in [7, 11) is 0. The first-order chi connectivity index (χ1) is 18.2. The van der Waals surface area contributed by atoms with Crippen molar-refractivity contribution in [3.8, 4) is 0 Å². The average molecular weight is 540 g/mol. The molecule has 0 amide bonds. The van der Waals surface area contributed by atoms with Crippen molar-refractivity contribution < 1.29 is 24.0 Å². The van der Waals surface area contributed by atoms with Crippen LogP contribution in [0, 0.1) is 0 Å². The standard InChI is InChI=1S/C29H37N3O5S/c1-6-9-10-26(33)37-30-24(13-18-38-8-3)27(34)23-20-31(7-2)25-12-11-21(19-22(23)25)28(35)29(4,5)32-14-16-36-17-15-32/h6,9-12,19-20H,1,7-8,13-18H2,2-5H3/b10-9+,30-24+. The Bertz CT molecular complexity index is 1240. The number of aromatic nitrogens is 1. The number of ketones is 2. The van der Waals surface area contributed by atoms with Gasteiger partial charge in [-0.05, 0) is 50.5 Å². The van der Waals surface area contributed by atoms with Crippen LogP contribution in [0.1, 0.15) is 54.8 Å². The molecule has 0 bridgehead atoms. The maximum Gasteiger partial charge on any atom is 0.358 e. The van der Waals surface area contributed by atoms with Crippen LogP contribution in [0.25, 0.3) is 10.9 Å². The van der Waals surface area contributed by atoms with Gasteiger partial charge in [-0.1, -0.05) is 30.8 Å². The highest BCUT2D eigenvalue weighted by Crippen LogP contribution is 2.28. The number of aryl methyl sites for hydroxylation is 1. The molecule has 1 fully saturated rings. The summed E-state index contributed by atoms with van der Waals surface area (Å²) in [6.45, 7) is 14.6. The van der Waals surface area contributed by atoms with Gasteiger partial charge in [-0.15, -0.1) is 0 Å². The molecule has 0 radical (unpaired) electrons. The second kappa shape index (κ2) is 13.7. The number of carbonyl (C=O) groups is 3. The van der Waals surface area contributed by atoms with Gasteiger partial charge in [0.1, 0.15) is 5.71 Å². The average Bonchev–Trinajstić information content (AvgIpc) is 3.31. The van der Waals surface area contributed by atoms with E-state index < -0.39 is 11.5 Å². The molecule has 204 valence electrons. The predicted octanol–water partition coefficient (Wildman–Crippen LogP) is 4.92. The lowest BCUT2D eigenvalue weighted by Crippen LogP contribution is -2.54. The Morgan fingerprint density at radius 3 is 2.61 bits per heavy atom. The molecular formula is C29H37N3O5S. The summed E-state index contributed by atoms with van der Waals surface area (Å²) in [6, 6.07) is 5.52. The van der Waals surface area contributed by atoms with E-state index in [0.29, 0.717) is 61.5 Å². The molecule has 3 rings (SSSR count). The molecule has 2 heterocycles. The fourth-order valence-electron chi connectivity index (χ4n) is 4.45. The molecule has 1 aromatic carbocycles. The van der Waals surface area contributed by atoms with Gasteiger partial charge in [-0.25, -0.2) is 4.79 Å². The lowest BCUT2D eigenvalue weighted by atomic mass is 9.90. The van der Waals surface area contributed by atoms with E-state index in [2.05, 4.69) is 16.6 Å². The summed E-state index contributed by atoms with van der Waals surface area (Å²) in [4.78, 5) is 46.5. The van der Waals surface area contributed by atoms with E-state index in [1.807, 2.05) is 44.4 Å². The molecule has 1 saturated heterocycles. The van der Waals surface area contributed by atoms with Crippen molar-refractivity contribution in [3.05, 3.63) is 60.3 Å². The summed E-state index contributed by atoms with van der Waals surface area (Å²) in [5.41, 5.74) is 1.26. The van der Waals surface area contributed by atoms with Crippen molar-refractivity contribution in [2.75, 3.05) is 37.8 Å². The van der Waals surface area contributed by atoms with Crippen LogP contribution in [0.15, 0.2) is 54.4 Å². The van der Waals surface area contributed by atoms with E-state index in [1.165, 1.54) is 18.2 Å². The first-order valence-electron chi connectivity index (χ1n) is 12.9. The molecule has 0 saturated carbocycles. The summed E-state index contributed by atoms with van der Waals surface area (Å²) in [5, 5.41) is 4.62. The second-order valence-electron chi connectivity index (χ2n) is 9.37. The first-order valence-corrected chi connectivity index (χ1v) is 14.1. The summed E-state index contributed by atoms with van der Waals surface area (Å²) >= 11 is 1.67. The van der Waals surface area contributed by atoms with Gasteiger partial charge in [0.05, 0.1) is 18.8 Å². The van der Waals surface area contributed by atoms with Crippen molar-refractivity contribution in [2.24, 2.45) is 5.16 Å². The zero-order valence-corrected chi connectivity index (χ0v) is 23.5. The SMILES string of the molecule is C=C/C=C/C(=O)O/N=C(\CCSCC)C(=O)c1cn(CC)c2ccc(C(=O)C(C)(C)N3CCOCC3)cc12. The molecule has 1 aliphatic heterocycles. The third-order valence-electron chi connectivity index (χ3n) is 6.65. The minimum atomic E-state index is -0.716. The lowest BCUT2D eigenvalue weighted by Gasteiger charge is -2.39. The molecular weight excluding hydrogens is 502 g/mol. The molecule has 0 spiro atoms. The zero-order valence-electron chi connectivity index (χ0n) is 22.7. The first kappa shape index (κ1) is 29.5. The minimum absolute atomic E-state index is 0.0138. The number of hydrogen-bond acceptors (Lipinski definition) is 8. The number of Topliss-reactive ketones (excluding diaryl/α,β-unsaturated/α-hetero) is 2. The van der Waals surface area contributed by atoms with Gasteiger partial charge >= 0.3 is 5.97 Å². The number of thioether (sulfide) groups is 1. The van der Waals surface area contributed by atoms with Crippen molar-refractivity contribution in [2.45, 2.75) is 46.2 Å². The molecule has 0 N–H and O–H groups in total. The normalized spacial score (nSPS) is 15.2. The topological polar surface area (TPSA) is 90.2 Å². The number of benzene rings is 1. The molecule has 0 aliphatic carbocycles. The Kier molecular flexibility index (Phi) is 10.6. The van der Waals surface area contributed by atoms with Gasteiger partial charge in [0.15, 0.2) is 5.78 Å². The maximum atomic E-state index is 13.7. The van der Waals surface area contributed by atoms with Crippen LogP contribution in [0.4, 0.5) is 0 Å². The van der Waals surface area contributed by atoms with Crippen LogP contribution in [-0.4, -0.2) is 76.1 Å². The van der Waals surface area contributed by atoms with Crippen molar-refractivity contribution in [3.63, 3.8) is 0 Å². The zero-order chi connectivity index (χ0) is 27.7. The Hall–Kier alpha value is -3.01. The fraction of sp³-hybridized carbons (Fsp3) is 0.448. The van der Waals surface area contributed by atoms with Crippen molar-refractivity contribution in [1.82, 2.24) is 9.47 Å². The highest BCUT2D eigenvalue weighted by atomic mass is 32.2. The number of allylic oxidation sites excluding steroid dienone is 2. The van der Waals surface area contributed by atoms with Crippen LogP contribution < -0.4 is 0 Å². The second-order valence-corrected chi connectivity index (χ2v) is 10.8. The third kappa shape index (κ3) is 6.89. The van der Waals surface area contributed by atoms with Gasteiger partial charge in [0.2, 0.25) is 5.78 Å². The number of fused-ring (bicyclic) bond motifs is 1. The van der Waals surface area contributed by atoms with Crippen molar-refractivity contribution >= 4 is 45.9 Å². The van der Waals surface area contributed by atoms with E-state index in [4.69, 9.17) is 9.57 Å². The van der Waals surface area contributed by atoms with Crippen LogP contribution in [-0.2, 0) is 20.9 Å². The number of ether oxygens (including phenoxy) is 1. The third-order valence-corrected chi connectivity index (χ3v) is 7.55. The van der Waals surface area contributed by atoms with E-state index in [-0.39, 0.29) is 17.3 Å². The summed E-state index contributed by atoms with van der Waals surface area (Å²) in [6.07, 6.45) is 6.22. The Morgan fingerprint density at radius 2 is 1.95 bits per heavy atom. The maximum absolute atomic E-state index is 13.7. The largest absolute Gasteiger partial charge is 0.379 e. The van der Waals surface area contributed by atoms with Gasteiger partial charge in [-0.3, -0.25) is 14.5 Å². The molecule has 38 heavy (non-hydrogen) atoms. The molecule has 8 nitrogen and oxygen atoms in total. The Morgan fingerprint density at radius 1 is 1.21 bits per heavy atom. The van der Waals surface area contributed by atoms with E-state index >= 15 is 0 Å². The number of nitrogens with zero attached hydrogens (tertiary/aromatic N) is 3. The van der Waals surface area contributed by atoms with Crippen LogP contribution in [0.2, 0.25) is 0 Å². The van der Waals surface area contributed by atoms with Gasteiger partial charge < -0.3 is 14.1 Å². The van der Waals surface area contributed by atoms with E-state index in [1.54, 1.807) is 24.0 Å². The number of rotatable bonds is 13.